The van der Waals surface area contributed by atoms with Gasteiger partial charge in [0.15, 0.2) is 0 Å². The van der Waals surface area contributed by atoms with E-state index in [0.717, 1.165) is 11.8 Å². The van der Waals surface area contributed by atoms with Gasteiger partial charge in [-0.3, -0.25) is 0 Å². The molecule has 146 valence electrons. The van der Waals surface area contributed by atoms with Crippen molar-refractivity contribution in [3.63, 3.8) is 0 Å². The van der Waals surface area contributed by atoms with E-state index in [2.05, 4.69) is 15.6 Å². The first-order chi connectivity index (χ1) is 13.2. The summed E-state index contributed by atoms with van der Waals surface area (Å²) >= 11 is 0. The maximum absolute atomic E-state index is 13.3. The summed E-state index contributed by atoms with van der Waals surface area (Å²) in [5, 5.41) is 4.71. The maximum Gasteiger partial charge on any atom is 0.419 e. The number of aryl methyl sites for hydroxylation is 1. The Morgan fingerprint density at radius 3 is 2.21 bits per heavy atom. The van der Waals surface area contributed by atoms with Crippen LogP contribution >= 0.6 is 0 Å². The van der Waals surface area contributed by atoms with Crippen LogP contribution < -0.4 is 15.4 Å². The zero-order chi connectivity index (χ0) is 20.3. The van der Waals surface area contributed by atoms with Crippen molar-refractivity contribution in [3.05, 3.63) is 71.8 Å². The average Bonchev–Trinajstić information content (AvgIpc) is 3.02. The predicted molar refractivity (Wildman–Crippen MR) is 96.1 cm³/mol. The third-order valence-electron chi connectivity index (χ3n) is 3.68. The Morgan fingerprint density at radius 2 is 1.61 bits per heavy atom. The molecule has 0 spiro atoms. The summed E-state index contributed by atoms with van der Waals surface area (Å²) < 4.78 is 57.1. The van der Waals surface area contributed by atoms with E-state index in [1.165, 1.54) is 0 Å². The SMILES string of the molecule is Cc1cc(Oc2ccc(NC(=O)Nc3ccc(F)c(C(F)(F)F)c3)cc2)c[nH]1. The van der Waals surface area contributed by atoms with Gasteiger partial charge in [-0.1, -0.05) is 0 Å². The standard InChI is InChI=1S/C19H15F4N3O2/c1-11-8-15(10-24-11)28-14-5-2-12(3-6-14)25-18(27)26-13-4-7-17(20)16(9-13)19(21,22)23/h2-10,24H,1H3,(H2,25,26,27). The monoisotopic (exact) mass is 393 g/mol. The number of carbonyl (C=O) groups excluding carboxylic acids is 1. The molecular weight excluding hydrogens is 378 g/mol. The zero-order valence-electron chi connectivity index (χ0n) is 14.5. The zero-order valence-corrected chi connectivity index (χ0v) is 14.5. The van der Waals surface area contributed by atoms with E-state index in [-0.39, 0.29) is 5.69 Å². The molecule has 5 nitrogen and oxygen atoms in total. The summed E-state index contributed by atoms with van der Waals surface area (Å²) in [5.74, 6) is -0.238. The summed E-state index contributed by atoms with van der Waals surface area (Å²) in [6, 6.07) is 9.65. The summed E-state index contributed by atoms with van der Waals surface area (Å²) in [6.07, 6.45) is -3.15. The smallest absolute Gasteiger partial charge is 0.419 e. The van der Waals surface area contributed by atoms with Crippen molar-refractivity contribution < 1.29 is 27.1 Å². The molecule has 1 heterocycles. The van der Waals surface area contributed by atoms with Gasteiger partial charge < -0.3 is 20.4 Å². The Labute approximate surface area is 157 Å². The number of halogens is 4. The van der Waals surface area contributed by atoms with E-state index < -0.39 is 23.6 Å². The van der Waals surface area contributed by atoms with Crippen LogP contribution in [0.15, 0.2) is 54.7 Å². The molecule has 0 aliphatic carbocycles. The van der Waals surface area contributed by atoms with Crippen molar-refractivity contribution >= 4 is 17.4 Å². The van der Waals surface area contributed by atoms with Gasteiger partial charge in [0.1, 0.15) is 17.3 Å². The molecule has 3 rings (SSSR count). The van der Waals surface area contributed by atoms with E-state index in [1.54, 1.807) is 30.5 Å². The van der Waals surface area contributed by atoms with E-state index in [0.29, 0.717) is 29.3 Å². The van der Waals surface area contributed by atoms with E-state index in [4.69, 9.17) is 4.74 Å². The number of hydrogen-bond acceptors (Lipinski definition) is 2. The number of rotatable bonds is 4. The second kappa shape index (κ2) is 7.63. The number of aromatic amines is 1. The molecule has 28 heavy (non-hydrogen) atoms. The summed E-state index contributed by atoms with van der Waals surface area (Å²) in [6.45, 7) is 1.89. The van der Waals surface area contributed by atoms with Crippen LogP contribution in [-0.2, 0) is 6.18 Å². The van der Waals surface area contributed by atoms with Crippen molar-refractivity contribution in [1.29, 1.82) is 0 Å². The highest BCUT2D eigenvalue weighted by Gasteiger charge is 2.34. The molecule has 0 fully saturated rings. The fourth-order valence-corrected chi connectivity index (χ4v) is 2.40. The molecule has 1 aromatic heterocycles. The number of nitrogens with one attached hydrogen (secondary N) is 3. The predicted octanol–water partition coefficient (Wildman–Crippen LogP) is 5.92. The molecule has 0 saturated heterocycles. The Kier molecular flexibility index (Phi) is 5.25. The fraction of sp³-hybridized carbons (Fsp3) is 0.105. The number of alkyl halides is 3. The number of hydrogen-bond donors (Lipinski definition) is 3. The Bertz CT molecular complexity index is 982. The largest absolute Gasteiger partial charge is 0.456 e. The summed E-state index contributed by atoms with van der Waals surface area (Å²) in [5.41, 5.74) is -0.298. The van der Waals surface area contributed by atoms with Crippen LogP contribution in [0.25, 0.3) is 0 Å². The molecular formula is C19H15F4N3O2. The number of benzene rings is 2. The fourth-order valence-electron chi connectivity index (χ4n) is 2.40. The number of ether oxygens (including phenoxy) is 1. The van der Waals surface area contributed by atoms with Crippen molar-refractivity contribution in [2.24, 2.45) is 0 Å². The lowest BCUT2D eigenvalue weighted by atomic mass is 10.2. The number of amides is 2. The van der Waals surface area contributed by atoms with E-state index >= 15 is 0 Å². The van der Waals surface area contributed by atoms with E-state index in [1.807, 2.05) is 13.0 Å². The first kappa shape index (κ1) is 19.3. The van der Waals surface area contributed by atoms with Gasteiger partial charge in [0.2, 0.25) is 0 Å². The van der Waals surface area contributed by atoms with Gasteiger partial charge in [0, 0.05) is 29.3 Å². The molecule has 0 atom stereocenters. The van der Waals surface area contributed by atoms with Crippen LogP contribution in [0.1, 0.15) is 11.3 Å². The van der Waals surface area contributed by atoms with Gasteiger partial charge in [-0.2, -0.15) is 13.2 Å². The molecule has 0 bridgehead atoms. The molecule has 0 aliphatic rings. The van der Waals surface area contributed by atoms with Crippen LogP contribution in [0.5, 0.6) is 11.5 Å². The molecule has 3 N–H and O–H groups in total. The number of urea groups is 1. The van der Waals surface area contributed by atoms with Gasteiger partial charge >= 0.3 is 12.2 Å². The molecule has 0 radical (unpaired) electrons. The highest BCUT2D eigenvalue weighted by atomic mass is 19.4. The lowest BCUT2D eigenvalue weighted by Gasteiger charge is -2.12. The van der Waals surface area contributed by atoms with Crippen LogP contribution in [0.2, 0.25) is 0 Å². The second-order valence-corrected chi connectivity index (χ2v) is 5.92. The first-order valence-corrected chi connectivity index (χ1v) is 8.08. The number of H-pyrrole nitrogens is 1. The molecule has 9 heteroatoms. The topological polar surface area (TPSA) is 66.2 Å². The van der Waals surface area contributed by atoms with Gasteiger partial charge in [-0.25, -0.2) is 9.18 Å². The minimum absolute atomic E-state index is 0.186. The minimum Gasteiger partial charge on any atom is -0.456 e. The highest BCUT2D eigenvalue weighted by Crippen LogP contribution is 2.33. The normalized spacial score (nSPS) is 11.2. The van der Waals surface area contributed by atoms with Gasteiger partial charge in [-0.15, -0.1) is 0 Å². The maximum atomic E-state index is 13.3. The molecule has 0 saturated carbocycles. The van der Waals surface area contributed by atoms with Gasteiger partial charge in [-0.05, 0) is 49.4 Å². The van der Waals surface area contributed by atoms with Crippen molar-refractivity contribution in [1.82, 2.24) is 4.98 Å². The lowest BCUT2D eigenvalue weighted by molar-refractivity contribution is -0.139. The average molecular weight is 393 g/mol. The third kappa shape index (κ3) is 4.81. The Balaban J connectivity index is 1.62. The molecule has 0 unspecified atom stereocenters. The minimum atomic E-state index is -4.86. The van der Waals surface area contributed by atoms with Crippen LogP contribution in [0, 0.1) is 12.7 Å². The van der Waals surface area contributed by atoms with Gasteiger partial charge in [0.05, 0.1) is 5.56 Å². The second-order valence-electron chi connectivity index (χ2n) is 5.92. The Morgan fingerprint density at radius 1 is 0.964 bits per heavy atom. The van der Waals surface area contributed by atoms with Crippen molar-refractivity contribution in [2.45, 2.75) is 13.1 Å². The van der Waals surface area contributed by atoms with E-state index in [9.17, 15) is 22.4 Å². The van der Waals surface area contributed by atoms with Crippen molar-refractivity contribution in [2.75, 3.05) is 10.6 Å². The number of anilines is 2. The molecule has 2 aromatic carbocycles. The summed E-state index contributed by atoms with van der Waals surface area (Å²) in [4.78, 5) is 15.0. The number of carbonyl (C=O) groups is 1. The van der Waals surface area contributed by atoms with Crippen LogP contribution in [-0.4, -0.2) is 11.0 Å². The van der Waals surface area contributed by atoms with Crippen LogP contribution in [0.3, 0.4) is 0 Å². The number of aromatic nitrogens is 1. The molecule has 0 aliphatic heterocycles. The quantitative estimate of drug-likeness (QED) is 0.482. The highest BCUT2D eigenvalue weighted by molar-refractivity contribution is 5.99. The third-order valence-corrected chi connectivity index (χ3v) is 3.68. The molecule has 3 aromatic rings. The van der Waals surface area contributed by atoms with Crippen LogP contribution in [0.4, 0.5) is 33.7 Å². The van der Waals surface area contributed by atoms with Crippen molar-refractivity contribution in [3.8, 4) is 11.5 Å². The summed E-state index contributed by atoms with van der Waals surface area (Å²) in [7, 11) is 0. The van der Waals surface area contributed by atoms with Gasteiger partial charge in [0.25, 0.3) is 0 Å². The Hall–Kier alpha value is -3.49. The first-order valence-electron chi connectivity index (χ1n) is 8.08. The molecule has 2 amide bonds. The lowest BCUT2D eigenvalue weighted by Crippen LogP contribution is -2.20.